The van der Waals surface area contributed by atoms with Crippen molar-refractivity contribution in [2.45, 2.75) is 0 Å². The van der Waals surface area contributed by atoms with E-state index in [-0.39, 0.29) is 0 Å². The van der Waals surface area contributed by atoms with Gasteiger partial charge in [0.05, 0.1) is 44.1 Å². The molecule has 0 unspecified atom stereocenters. The van der Waals surface area contributed by atoms with E-state index in [0.717, 1.165) is 38.8 Å². The molecule has 0 aliphatic heterocycles. The molecule has 244 valence electrons. The zero-order valence-corrected chi connectivity index (χ0v) is 28.3. The number of benzene rings is 8. The number of hydrogen-bond acceptors (Lipinski definition) is 2. The third-order valence-electron chi connectivity index (χ3n) is 11.5. The van der Waals surface area contributed by atoms with Crippen molar-refractivity contribution < 1.29 is 0 Å². The highest BCUT2D eigenvalue weighted by Gasteiger charge is 2.26. The second kappa shape index (κ2) is 9.75. The summed E-state index contributed by atoms with van der Waals surface area (Å²) in [7, 11) is 0. The van der Waals surface area contributed by atoms with Crippen molar-refractivity contribution in [3.8, 4) is 11.8 Å². The van der Waals surface area contributed by atoms with Crippen molar-refractivity contribution in [1.29, 1.82) is 0 Å². The van der Waals surface area contributed by atoms with Crippen LogP contribution in [0.1, 0.15) is 0 Å². The average molecular weight is 674 g/mol. The highest BCUT2D eigenvalue weighted by molar-refractivity contribution is 6.36. The van der Waals surface area contributed by atoms with Gasteiger partial charge in [-0.05, 0) is 65.4 Å². The van der Waals surface area contributed by atoms with Crippen LogP contribution in [0.2, 0.25) is 0 Å². The van der Waals surface area contributed by atoms with Crippen LogP contribution < -0.4 is 0 Å². The minimum atomic E-state index is 0.652. The molecule has 0 spiro atoms. The van der Waals surface area contributed by atoms with E-state index in [1.807, 2.05) is 0 Å². The van der Waals surface area contributed by atoms with Gasteiger partial charge in [0.1, 0.15) is 0 Å². The molecule has 0 aliphatic carbocycles. The zero-order chi connectivity index (χ0) is 34.4. The summed E-state index contributed by atoms with van der Waals surface area (Å²) in [6.45, 7) is 0. The summed E-state index contributed by atoms with van der Waals surface area (Å²) < 4.78 is 7.12. The number of rotatable bonds is 2. The Kier molecular flexibility index (Phi) is 5.06. The zero-order valence-electron chi connectivity index (χ0n) is 28.3. The maximum atomic E-state index is 5.62. The van der Waals surface area contributed by atoms with E-state index in [1.54, 1.807) is 0 Å². The SMILES string of the molecule is c1ccc2cc3c(cc2c1)c1c2c4ccccc4n4c5ccccc5c(cc1n3-c1nc(-n3c5ccccc5c5ccccc53)nc3ccccc13)c24. The van der Waals surface area contributed by atoms with Gasteiger partial charge in [-0.2, -0.15) is 4.98 Å². The average Bonchev–Trinajstić information content (AvgIpc) is 3.93. The van der Waals surface area contributed by atoms with E-state index < -0.39 is 0 Å². The van der Waals surface area contributed by atoms with Crippen LogP contribution in [0.15, 0.2) is 164 Å². The maximum absolute atomic E-state index is 5.62. The molecule has 0 radical (unpaired) electrons. The van der Waals surface area contributed by atoms with Crippen LogP contribution in [0.4, 0.5) is 0 Å². The van der Waals surface area contributed by atoms with Gasteiger partial charge in [0, 0.05) is 48.5 Å². The Balaban J connectivity index is 1.28. The number of para-hydroxylation sites is 5. The van der Waals surface area contributed by atoms with Crippen LogP contribution in [0.5, 0.6) is 0 Å². The topological polar surface area (TPSA) is 40.0 Å². The van der Waals surface area contributed by atoms with Crippen LogP contribution in [0.25, 0.3) is 115 Å². The predicted octanol–water partition coefficient (Wildman–Crippen LogP) is 12.1. The summed E-state index contributed by atoms with van der Waals surface area (Å²) in [5.41, 5.74) is 9.05. The first-order valence-corrected chi connectivity index (χ1v) is 18.1. The molecular formula is C48H27N5. The lowest BCUT2D eigenvalue weighted by Crippen LogP contribution is -2.07. The third kappa shape index (κ3) is 3.42. The molecule has 0 fully saturated rings. The maximum Gasteiger partial charge on any atom is 0.237 e. The molecule has 13 rings (SSSR count). The molecule has 0 atom stereocenters. The summed E-state index contributed by atoms with van der Waals surface area (Å²) in [4.78, 5) is 10.9. The Morgan fingerprint density at radius 2 is 0.887 bits per heavy atom. The molecule has 8 aromatic carbocycles. The van der Waals surface area contributed by atoms with Gasteiger partial charge in [-0.3, -0.25) is 9.13 Å². The predicted molar refractivity (Wildman–Crippen MR) is 220 cm³/mol. The summed E-state index contributed by atoms with van der Waals surface area (Å²) in [5.74, 6) is 1.52. The highest BCUT2D eigenvalue weighted by Crippen LogP contribution is 2.47. The number of aromatic nitrogens is 5. The van der Waals surface area contributed by atoms with E-state index >= 15 is 0 Å². The van der Waals surface area contributed by atoms with Crippen LogP contribution in [0.3, 0.4) is 0 Å². The molecule has 0 saturated carbocycles. The molecule has 13 aromatic rings. The van der Waals surface area contributed by atoms with E-state index in [4.69, 9.17) is 9.97 Å². The Morgan fingerprint density at radius 3 is 1.60 bits per heavy atom. The number of fused-ring (bicyclic) bond motifs is 15. The molecule has 5 aromatic heterocycles. The normalized spacial score (nSPS) is 12.5. The fourth-order valence-corrected chi connectivity index (χ4v) is 9.38. The highest BCUT2D eigenvalue weighted by atomic mass is 15.2. The molecular weight excluding hydrogens is 647 g/mol. The van der Waals surface area contributed by atoms with Crippen LogP contribution in [0, 0.1) is 0 Å². The monoisotopic (exact) mass is 673 g/mol. The first-order valence-electron chi connectivity index (χ1n) is 18.1. The molecule has 0 amide bonds. The van der Waals surface area contributed by atoms with Crippen molar-refractivity contribution in [2.75, 3.05) is 0 Å². The van der Waals surface area contributed by atoms with Gasteiger partial charge < -0.3 is 4.40 Å². The van der Waals surface area contributed by atoms with Crippen LogP contribution >= 0.6 is 0 Å². The van der Waals surface area contributed by atoms with Crippen molar-refractivity contribution in [3.05, 3.63) is 164 Å². The summed E-state index contributed by atoms with van der Waals surface area (Å²) in [6, 6.07) is 59.1. The molecule has 0 aliphatic rings. The fourth-order valence-electron chi connectivity index (χ4n) is 9.38. The third-order valence-corrected chi connectivity index (χ3v) is 11.5. The van der Waals surface area contributed by atoms with Gasteiger partial charge in [-0.15, -0.1) is 0 Å². The first kappa shape index (κ1) is 27.5. The summed E-state index contributed by atoms with van der Waals surface area (Å²) in [5, 5.41) is 13.3. The Bertz CT molecular complexity index is 3640. The van der Waals surface area contributed by atoms with E-state index in [9.17, 15) is 0 Å². The lowest BCUT2D eigenvalue weighted by atomic mass is 10.0. The summed E-state index contributed by atoms with van der Waals surface area (Å²) >= 11 is 0. The van der Waals surface area contributed by atoms with E-state index in [1.165, 1.54) is 70.4 Å². The minimum Gasteiger partial charge on any atom is -0.308 e. The van der Waals surface area contributed by atoms with E-state index in [2.05, 4.69) is 177 Å². The molecule has 0 bridgehead atoms. The Hall–Kier alpha value is -7.24. The fraction of sp³-hybridized carbons (Fsp3) is 0. The quantitative estimate of drug-likeness (QED) is 0.183. The van der Waals surface area contributed by atoms with Gasteiger partial charge in [-0.25, -0.2) is 4.98 Å². The van der Waals surface area contributed by atoms with Crippen LogP contribution in [-0.4, -0.2) is 23.5 Å². The standard InChI is InChI=1S/C48H27N5/c1-2-14-29-26-42-36(25-28(29)13-1)44-43(27-35-32-17-6-9-21-38(32)51-41-24-12-7-19-34(41)45(44)46(35)51)52(42)47-33-18-3-8-20-37(33)49-48(50-47)53-39-22-10-4-15-30(39)31-16-5-11-23-40(31)53/h1-27H. The lowest BCUT2D eigenvalue weighted by Gasteiger charge is -2.14. The first-order chi connectivity index (χ1) is 26.3. The lowest BCUT2D eigenvalue weighted by molar-refractivity contribution is 0.973. The molecule has 0 saturated heterocycles. The Labute approximate surface area is 301 Å². The van der Waals surface area contributed by atoms with Crippen LogP contribution in [-0.2, 0) is 0 Å². The molecule has 5 nitrogen and oxygen atoms in total. The molecule has 53 heavy (non-hydrogen) atoms. The van der Waals surface area contributed by atoms with Gasteiger partial charge in [0.2, 0.25) is 5.95 Å². The molecule has 5 heterocycles. The van der Waals surface area contributed by atoms with Gasteiger partial charge in [0.15, 0.2) is 5.82 Å². The number of hydrogen-bond donors (Lipinski definition) is 0. The smallest absolute Gasteiger partial charge is 0.237 e. The molecule has 5 heteroatoms. The number of nitrogens with zero attached hydrogens (tertiary/aromatic N) is 5. The van der Waals surface area contributed by atoms with Crippen molar-refractivity contribution >= 4 is 103 Å². The summed E-state index contributed by atoms with van der Waals surface area (Å²) in [6.07, 6.45) is 0. The Morgan fingerprint density at radius 1 is 0.340 bits per heavy atom. The second-order valence-electron chi connectivity index (χ2n) is 14.2. The molecule has 0 N–H and O–H groups in total. The van der Waals surface area contributed by atoms with E-state index in [0.29, 0.717) is 5.95 Å². The largest absolute Gasteiger partial charge is 0.308 e. The van der Waals surface area contributed by atoms with Gasteiger partial charge >= 0.3 is 0 Å². The van der Waals surface area contributed by atoms with Gasteiger partial charge in [-0.1, -0.05) is 109 Å². The van der Waals surface area contributed by atoms with Crippen molar-refractivity contribution in [3.63, 3.8) is 0 Å². The van der Waals surface area contributed by atoms with Crippen molar-refractivity contribution in [2.24, 2.45) is 0 Å². The minimum absolute atomic E-state index is 0.652. The van der Waals surface area contributed by atoms with Gasteiger partial charge in [0.25, 0.3) is 0 Å². The second-order valence-corrected chi connectivity index (χ2v) is 14.2. The van der Waals surface area contributed by atoms with Crippen molar-refractivity contribution in [1.82, 2.24) is 23.5 Å².